The fourth-order valence-corrected chi connectivity index (χ4v) is 3.14. The van der Waals surface area contributed by atoms with E-state index in [4.69, 9.17) is 9.47 Å². The van der Waals surface area contributed by atoms with Gasteiger partial charge in [0.05, 0.1) is 19.7 Å². The minimum Gasteiger partial charge on any atom is -0.497 e. The fourth-order valence-electron chi connectivity index (χ4n) is 3.14. The van der Waals surface area contributed by atoms with Crippen molar-refractivity contribution >= 4 is 11.8 Å². The molecule has 0 bridgehead atoms. The summed E-state index contributed by atoms with van der Waals surface area (Å²) in [5.41, 5.74) is 1.07. The van der Waals surface area contributed by atoms with Gasteiger partial charge in [0.15, 0.2) is 6.61 Å². The first-order valence-electron chi connectivity index (χ1n) is 10.2. The van der Waals surface area contributed by atoms with E-state index in [1.165, 1.54) is 0 Å². The summed E-state index contributed by atoms with van der Waals surface area (Å²) in [6.45, 7) is 6.08. The van der Waals surface area contributed by atoms with E-state index in [1.807, 2.05) is 42.5 Å². The maximum absolute atomic E-state index is 12.3. The van der Waals surface area contributed by atoms with Crippen molar-refractivity contribution in [3.63, 3.8) is 0 Å². The molecule has 7 nitrogen and oxygen atoms in total. The fraction of sp³-hybridized carbons (Fsp3) is 0.391. The molecule has 0 spiro atoms. The lowest BCUT2D eigenvalue weighted by Crippen LogP contribution is -2.43. The number of nitrogens with one attached hydrogen (secondary N) is 2. The number of para-hydroxylation sites is 1. The molecule has 0 fully saturated rings. The number of hydrogen-bond donors (Lipinski definition) is 2. The van der Waals surface area contributed by atoms with Gasteiger partial charge in [0, 0.05) is 6.54 Å². The third kappa shape index (κ3) is 7.40. The highest BCUT2D eigenvalue weighted by atomic mass is 16.5. The Balaban J connectivity index is 1.85. The van der Waals surface area contributed by atoms with Crippen molar-refractivity contribution in [3.05, 3.63) is 60.2 Å². The number of benzene rings is 2. The first-order chi connectivity index (χ1) is 14.6. The highest BCUT2D eigenvalue weighted by molar-refractivity contribution is 5.85. The van der Waals surface area contributed by atoms with Crippen LogP contribution in [0.2, 0.25) is 0 Å². The zero-order chi connectivity index (χ0) is 21.8. The van der Waals surface area contributed by atoms with E-state index >= 15 is 0 Å². The summed E-state index contributed by atoms with van der Waals surface area (Å²) >= 11 is 0. The van der Waals surface area contributed by atoms with Crippen LogP contribution in [0.5, 0.6) is 11.5 Å². The van der Waals surface area contributed by atoms with Gasteiger partial charge >= 0.3 is 0 Å². The Kier molecular flexibility index (Phi) is 9.67. The number of hydrogen-bond acceptors (Lipinski definition) is 5. The quantitative estimate of drug-likeness (QED) is 0.559. The zero-order valence-corrected chi connectivity index (χ0v) is 17.9. The average molecular weight is 414 g/mol. The molecule has 30 heavy (non-hydrogen) atoms. The van der Waals surface area contributed by atoms with Gasteiger partial charge in [-0.05, 0) is 42.9 Å². The van der Waals surface area contributed by atoms with Crippen molar-refractivity contribution in [3.8, 4) is 11.5 Å². The number of methoxy groups -OCH3 is 1. The first kappa shape index (κ1) is 23.2. The third-order valence-corrected chi connectivity index (χ3v) is 4.78. The zero-order valence-electron chi connectivity index (χ0n) is 17.9. The van der Waals surface area contributed by atoms with E-state index in [0.29, 0.717) is 12.3 Å². The smallest absolute Gasteiger partial charge is 0.258 e. The standard InChI is InChI=1S/C23H31N3O4/c1-4-26(5-2)21(18-10-9-13-20(14-18)29-3)15-24-22(27)16-25-23(28)17-30-19-11-7-6-8-12-19/h6-14,21H,4-5,15-17H2,1-3H3,(H,24,27)(H,25,28). The van der Waals surface area contributed by atoms with Crippen molar-refractivity contribution in [2.24, 2.45) is 0 Å². The lowest BCUT2D eigenvalue weighted by atomic mass is 10.0. The van der Waals surface area contributed by atoms with E-state index in [0.717, 1.165) is 24.4 Å². The van der Waals surface area contributed by atoms with Crippen LogP contribution < -0.4 is 20.1 Å². The normalized spacial score (nSPS) is 11.6. The molecule has 0 aliphatic rings. The number of likely N-dealkylation sites (N-methyl/N-ethyl adjacent to an activating group) is 1. The monoisotopic (exact) mass is 413 g/mol. The van der Waals surface area contributed by atoms with Crippen LogP contribution in [0.3, 0.4) is 0 Å². The predicted molar refractivity (Wildman–Crippen MR) is 117 cm³/mol. The van der Waals surface area contributed by atoms with Crippen LogP contribution in [0.1, 0.15) is 25.5 Å². The Morgan fingerprint density at radius 3 is 2.30 bits per heavy atom. The van der Waals surface area contributed by atoms with Gasteiger partial charge in [-0.25, -0.2) is 0 Å². The van der Waals surface area contributed by atoms with Crippen LogP contribution in [0.15, 0.2) is 54.6 Å². The van der Waals surface area contributed by atoms with E-state index < -0.39 is 0 Å². The van der Waals surface area contributed by atoms with Crippen molar-refractivity contribution in [2.45, 2.75) is 19.9 Å². The molecule has 0 aliphatic carbocycles. The summed E-state index contributed by atoms with van der Waals surface area (Å²) in [5, 5.41) is 5.50. The molecule has 0 aromatic heterocycles. The van der Waals surface area contributed by atoms with Gasteiger partial charge in [-0.1, -0.05) is 44.2 Å². The molecule has 2 N–H and O–H groups in total. The summed E-state index contributed by atoms with van der Waals surface area (Å²) in [7, 11) is 1.64. The van der Waals surface area contributed by atoms with Crippen LogP contribution in [0.4, 0.5) is 0 Å². The summed E-state index contributed by atoms with van der Waals surface area (Å²) in [5.74, 6) is 0.796. The molecule has 2 rings (SSSR count). The summed E-state index contributed by atoms with van der Waals surface area (Å²) in [6.07, 6.45) is 0. The Labute approximate surface area is 178 Å². The molecule has 0 aliphatic heterocycles. The van der Waals surface area contributed by atoms with Crippen LogP contribution >= 0.6 is 0 Å². The summed E-state index contributed by atoms with van der Waals surface area (Å²) < 4.78 is 10.7. The molecular weight excluding hydrogens is 382 g/mol. The van der Waals surface area contributed by atoms with Gasteiger partial charge < -0.3 is 20.1 Å². The SMILES string of the molecule is CCN(CC)C(CNC(=O)CNC(=O)COc1ccccc1)c1cccc(OC)c1. The van der Waals surface area contributed by atoms with Gasteiger partial charge in [0.2, 0.25) is 5.91 Å². The molecule has 0 radical (unpaired) electrons. The second-order valence-electron chi connectivity index (χ2n) is 6.70. The number of nitrogens with zero attached hydrogens (tertiary/aromatic N) is 1. The summed E-state index contributed by atoms with van der Waals surface area (Å²) in [4.78, 5) is 26.4. The van der Waals surface area contributed by atoms with E-state index in [1.54, 1.807) is 19.2 Å². The lowest BCUT2D eigenvalue weighted by molar-refractivity contribution is -0.127. The second kappa shape index (κ2) is 12.5. The lowest BCUT2D eigenvalue weighted by Gasteiger charge is -2.30. The maximum atomic E-state index is 12.3. The largest absolute Gasteiger partial charge is 0.497 e. The molecule has 0 saturated heterocycles. The van der Waals surface area contributed by atoms with E-state index in [9.17, 15) is 9.59 Å². The molecule has 0 heterocycles. The molecule has 2 amide bonds. The minimum absolute atomic E-state index is 0.0103. The number of carbonyl (C=O) groups excluding carboxylic acids is 2. The van der Waals surface area contributed by atoms with Crippen LogP contribution in [-0.2, 0) is 9.59 Å². The molecular formula is C23H31N3O4. The van der Waals surface area contributed by atoms with Gasteiger partial charge in [-0.15, -0.1) is 0 Å². The molecule has 2 aromatic carbocycles. The van der Waals surface area contributed by atoms with Crippen molar-refractivity contribution in [1.29, 1.82) is 0 Å². The second-order valence-corrected chi connectivity index (χ2v) is 6.70. The number of ether oxygens (including phenoxy) is 2. The molecule has 2 aromatic rings. The topological polar surface area (TPSA) is 79.9 Å². The van der Waals surface area contributed by atoms with E-state index in [2.05, 4.69) is 29.4 Å². The first-order valence-corrected chi connectivity index (χ1v) is 10.2. The van der Waals surface area contributed by atoms with E-state index in [-0.39, 0.29) is 31.0 Å². The maximum Gasteiger partial charge on any atom is 0.258 e. The van der Waals surface area contributed by atoms with Gasteiger partial charge in [0.25, 0.3) is 5.91 Å². The van der Waals surface area contributed by atoms with Crippen molar-refractivity contribution < 1.29 is 19.1 Å². The van der Waals surface area contributed by atoms with Gasteiger partial charge in [-0.3, -0.25) is 14.5 Å². The number of carbonyl (C=O) groups is 2. The van der Waals surface area contributed by atoms with Crippen LogP contribution in [-0.4, -0.2) is 56.6 Å². The molecule has 162 valence electrons. The van der Waals surface area contributed by atoms with Gasteiger partial charge in [0.1, 0.15) is 11.5 Å². The number of amides is 2. The molecule has 0 saturated carbocycles. The Bertz CT molecular complexity index is 794. The molecule has 1 unspecified atom stereocenters. The Hall–Kier alpha value is -3.06. The summed E-state index contributed by atoms with van der Waals surface area (Å²) in [6, 6.07) is 16.9. The average Bonchev–Trinajstić information content (AvgIpc) is 2.79. The van der Waals surface area contributed by atoms with Crippen molar-refractivity contribution in [1.82, 2.24) is 15.5 Å². The number of rotatable bonds is 12. The highest BCUT2D eigenvalue weighted by Crippen LogP contribution is 2.23. The molecule has 1 atom stereocenters. The van der Waals surface area contributed by atoms with Crippen LogP contribution in [0, 0.1) is 0 Å². The van der Waals surface area contributed by atoms with Crippen LogP contribution in [0.25, 0.3) is 0 Å². The molecule has 7 heteroatoms. The van der Waals surface area contributed by atoms with Gasteiger partial charge in [-0.2, -0.15) is 0 Å². The Morgan fingerprint density at radius 1 is 0.933 bits per heavy atom. The highest BCUT2D eigenvalue weighted by Gasteiger charge is 2.19. The minimum atomic E-state index is -0.345. The Morgan fingerprint density at radius 2 is 1.63 bits per heavy atom. The van der Waals surface area contributed by atoms with Crippen molar-refractivity contribution in [2.75, 3.05) is 39.9 Å². The third-order valence-electron chi connectivity index (χ3n) is 4.78. The predicted octanol–water partition coefficient (Wildman–Crippen LogP) is 2.39.